The molecule has 0 aromatic carbocycles. The van der Waals surface area contributed by atoms with Gasteiger partial charge in [0, 0.05) is 34.6 Å². The summed E-state index contributed by atoms with van der Waals surface area (Å²) in [6.45, 7) is 4.57. The van der Waals surface area contributed by atoms with Crippen LogP contribution in [0.5, 0.6) is 0 Å². The van der Waals surface area contributed by atoms with Gasteiger partial charge >= 0.3 is 29.8 Å². The zero-order chi connectivity index (χ0) is 26.9. The molecule has 2 N–H and O–H groups in total. The Morgan fingerprint density at radius 2 is 1.65 bits per heavy atom. The summed E-state index contributed by atoms with van der Waals surface area (Å²) in [6.07, 6.45) is -7.15. The Hall–Kier alpha value is -3.26. The van der Waals surface area contributed by atoms with Crippen molar-refractivity contribution in [3.63, 3.8) is 0 Å². The molecule has 0 aromatic rings. The van der Waals surface area contributed by atoms with Gasteiger partial charge in [-0.25, -0.2) is 4.79 Å². The van der Waals surface area contributed by atoms with E-state index in [1.807, 2.05) is 0 Å². The van der Waals surface area contributed by atoms with Crippen LogP contribution in [0.2, 0.25) is 0 Å². The van der Waals surface area contributed by atoms with E-state index < -0.39 is 92.1 Å². The SMILES string of the molecule is [2H]COC(=O)C1(O)C[C@H](OC(C)=O)[C@@H](NC(C)=O)[C@H]([C@H](OC(C)=O)[C@@H](COC(C)=O)OC(C)=O)O1. The van der Waals surface area contributed by atoms with Gasteiger partial charge in [-0.05, 0) is 0 Å². The third-order valence-electron chi connectivity index (χ3n) is 4.46. The first-order valence-corrected chi connectivity index (χ1v) is 9.99. The molecule has 1 aliphatic heterocycles. The molecule has 192 valence electrons. The third kappa shape index (κ3) is 8.26. The lowest BCUT2D eigenvalue weighted by Crippen LogP contribution is -2.68. The van der Waals surface area contributed by atoms with E-state index in [4.69, 9.17) is 25.1 Å². The first-order chi connectivity index (χ1) is 16.2. The van der Waals surface area contributed by atoms with Gasteiger partial charge in [0.15, 0.2) is 12.2 Å². The van der Waals surface area contributed by atoms with Crippen LogP contribution in [0.4, 0.5) is 0 Å². The van der Waals surface area contributed by atoms with Crippen LogP contribution in [-0.2, 0) is 57.2 Å². The molecule has 14 nitrogen and oxygen atoms in total. The van der Waals surface area contributed by atoms with Gasteiger partial charge in [-0.2, -0.15) is 0 Å². The van der Waals surface area contributed by atoms with E-state index in [2.05, 4.69) is 10.1 Å². The van der Waals surface area contributed by atoms with E-state index in [1.165, 1.54) is 0 Å². The zero-order valence-electron chi connectivity index (χ0n) is 20.4. The Balaban J connectivity index is 3.65. The second kappa shape index (κ2) is 12.3. The topological polar surface area (TPSA) is 190 Å². The fourth-order valence-corrected chi connectivity index (χ4v) is 3.37. The van der Waals surface area contributed by atoms with Crippen molar-refractivity contribution < 1.29 is 63.7 Å². The van der Waals surface area contributed by atoms with Crippen molar-refractivity contribution in [2.24, 2.45) is 0 Å². The highest BCUT2D eigenvalue weighted by molar-refractivity contribution is 5.78. The standard InChI is InChI=1S/C20H29NO13/c1-9(22)21-16-14(31-11(3)24)7-20(28,19(27)29-6)34-18(16)17(33-13(5)26)15(32-12(4)25)8-30-10(2)23/h14-18,28H,7-8H2,1-6H3,(H,21,22)/t14-,15+,16+,17+,18+,20?/m0/s1/i6D. The van der Waals surface area contributed by atoms with Crippen LogP contribution >= 0.6 is 0 Å². The predicted molar refractivity (Wildman–Crippen MR) is 107 cm³/mol. The van der Waals surface area contributed by atoms with Crippen LogP contribution in [0, 0.1) is 0 Å². The first kappa shape index (κ1) is 27.0. The van der Waals surface area contributed by atoms with Gasteiger partial charge in [-0.3, -0.25) is 24.0 Å². The predicted octanol–water partition coefficient (Wildman–Crippen LogP) is -1.50. The molecule has 0 saturated carbocycles. The van der Waals surface area contributed by atoms with Crippen LogP contribution in [0.15, 0.2) is 0 Å². The van der Waals surface area contributed by atoms with Crippen LogP contribution in [0.3, 0.4) is 0 Å². The van der Waals surface area contributed by atoms with Crippen molar-refractivity contribution >= 4 is 35.8 Å². The maximum absolute atomic E-state index is 12.4. The molecule has 1 heterocycles. The average molecular weight is 492 g/mol. The monoisotopic (exact) mass is 492 g/mol. The van der Waals surface area contributed by atoms with Crippen molar-refractivity contribution in [2.75, 3.05) is 13.7 Å². The van der Waals surface area contributed by atoms with Crippen molar-refractivity contribution in [3.8, 4) is 0 Å². The number of carbonyl (C=O) groups is 6. The Bertz CT molecular complexity index is 834. The first-order valence-electron chi connectivity index (χ1n) is 10.7. The van der Waals surface area contributed by atoms with Crippen molar-refractivity contribution in [2.45, 2.75) is 77.3 Å². The summed E-state index contributed by atoms with van der Waals surface area (Å²) in [7, 11) is -0.890. The number of ether oxygens (including phenoxy) is 6. The number of carbonyl (C=O) groups excluding carboxylic acids is 6. The Labute approximate surface area is 196 Å². The highest BCUT2D eigenvalue weighted by Crippen LogP contribution is 2.34. The number of amides is 1. The number of hydrogen-bond acceptors (Lipinski definition) is 13. The molecule has 0 aliphatic carbocycles. The van der Waals surface area contributed by atoms with Crippen LogP contribution < -0.4 is 5.32 Å². The summed E-state index contributed by atoms with van der Waals surface area (Å²) < 4.78 is 37.6. The molecule has 0 aromatic heterocycles. The Morgan fingerprint density at radius 3 is 2.12 bits per heavy atom. The quantitative estimate of drug-likeness (QED) is 0.279. The molecule has 1 saturated heterocycles. The van der Waals surface area contributed by atoms with Crippen LogP contribution in [0.1, 0.15) is 42.4 Å². The minimum atomic E-state index is -2.83. The summed E-state index contributed by atoms with van der Waals surface area (Å²) in [5, 5.41) is 13.4. The Kier molecular flexibility index (Phi) is 9.74. The van der Waals surface area contributed by atoms with Gasteiger partial charge in [-0.15, -0.1) is 0 Å². The molecular weight excluding hydrogens is 462 g/mol. The van der Waals surface area contributed by atoms with E-state index in [1.54, 1.807) is 0 Å². The summed E-state index contributed by atoms with van der Waals surface area (Å²) >= 11 is 0. The van der Waals surface area contributed by atoms with Gasteiger partial charge in [0.2, 0.25) is 5.91 Å². The molecule has 1 unspecified atom stereocenters. The van der Waals surface area contributed by atoms with Crippen LogP contribution in [0.25, 0.3) is 0 Å². The van der Waals surface area contributed by atoms with E-state index in [0.29, 0.717) is 0 Å². The highest BCUT2D eigenvalue weighted by atomic mass is 16.7. The van der Waals surface area contributed by atoms with E-state index in [-0.39, 0.29) is 0 Å². The third-order valence-corrected chi connectivity index (χ3v) is 4.46. The second-order valence-corrected chi connectivity index (χ2v) is 7.40. The molecule has 0 bridgehead atoms. The lowest BCUT2D eigenvalue weighted by molar-refractivity contribution is -0.299. The smallest absolute Gasteiger partial charge is 0.366 e. The molecule has 1 rings (SSSR count). The second-order valence-electron chi connectivity index (χ2n) is 7.40. The maximum Gasteiger partial charge on any atom is 0.366 e. The lowest BCUT2D eigenvalue weighted by Gasteiger charge is -2.46. The normalized spacial score (nSPS) is 26.1. The summed E-state index contributed by atoms with van der Waals surface area (Å²) in [5.74, 6) is -8.38. The van der Waals surface area contributed by atoms with Gasteiger partial charge < -0.3 is 38.8 Å². The number of rotatable bonds is 9. The van der Waals surface area contributed by atoms with Gasteiger partial charge in [-0.1, -0.05) is 0 Å². The number of aliphatic hydroxyl groups is 1. The van der Waals surface area contributed by atoms with Gasteiger partial charge in [0.25, 0.3) is 5.79 Å². The van der Waals surface area contributed by atoms with Gasteiger partial charge in [0.1, 0.15) is 18.8 Å². The van der Waals surface area contributed by atoms with Crippen LogP contribution in [-0.4, -0.2) is 90.8 Å². The molecule has 34 heavy (non-hydrogen) atoms. The average Bonchev–Trinajstić information content (AvgIpc) is 2.70. The van der Waals surface area contributed by atoms with E-state index >= 15 is 0 Å². The molecule has 14 heteroatoms. The lowest BCUT2D eigenvalue weighted by atomic mass is 9.88. The number of methoxy groups -OCH3 is 1. The molecule has 1 amide bonds. The molecule has 0 radical (unpaired) electrons. The summed E-state index contributed by atoms with van der Waals surface area (Å²) in [5.41, 5.74) is 0. The Morgan fingerprint density at radius 1 is 1.03 bits per heavy atom. The molecule has 1 aliphatic rings. The number of hydrogen-bond donors (Lipinski definition) is 2. The summed E-state index contributed by atoms with van der Waals surface area (Å²) in [4.78, 5) is 71.2. The number of nitrogens with one attached hydrogen (secondary N) is 1. The fourth-order valence-electron chi connectivity index (χ4n) is 3.37. The number of esters is 5. The van der Waals surface area contributed by atoms with Crippen molar-refractivity contribution in [3.05, 3.63) is 0 Å². The zero-order valence-corrected chi connectivity index (χ0v) is 19.4. The summed E-state index contributed by atoms with van der Waals surface area (Å²) in [6, 6.07) is -1.36. The molecule has 0 spiro atoms. The minimum Gasteiger partial charge on any atom is -0.465 e. The largest absolute Gasteiger partial charge is 0.465 e. The van der Waals surface area contributed by atoms with E-state index in [0.717, 1.165) is 34.6 Å². The van der Waals surface area contributed by atoms with Gasteiger partial charge in [0.05, 0.1) is 20.9 Å². The maximum atomic E-state index is 12.4. The molecule has 6 atom stereocenters. The van der Waals surface area contributed by atoms with Crippen molar-refractivity contribution in [1.29, 1.82) is 0 Å². The van der Waals surface area contributed by atoms with Crippen molar-refractivity contribution in [1.82, 2.24) is 5.32 Å². The highest BCUT2D eigenvalue weighted by Gasteiger charge is 2.57. The fraction of sp³-hybridized carbons (Fsp3) is 0.700. The molecular formula is C20H29NO13. The minimum absolute atomic E-state index is 0.645. The van der Waals surface area contributed by atoms with E-state index in [9.17, 15) is 33.9 Å². The molecule has 1 fully saturated rings.